The van der Waals surface area contributed by atoms with Gasteiger partial charge in [0, 0.05) is 31.0 Å². The highest BCUT2D eigenvalue weighted by Gasteiger charge is 2.11. The molecule has 2 heterocycles. The van der Waals surface area contributed by atoms with Gasteiger partial charge in [0.1, 0.15) is 0 Å². The van der Waals surface area contributed by atoms with Crippen LogP contribution in [0.5, 0.6) is 0 Å². The number of hydrogen-bond donors (Lipinski definition) is 4. The van der Waals surface area contributed by atoms with Gasteiger partial charge >= 0.3 is 0 Å². The minimum atomic E-state index is -0.0956. The summed E-state index contributed by atoms with van der Waals surface area (Å²) in [6.45, 7) is 1.25. The van der Waals surface area contributed by atoms with Crippen molar-refractivity contribution in [1.29, 1.82) is 0 Å². The predicted octanol–water partition coefficient (Wildman–Crippen LogP) is 2.15. The van der Waals surface area contributed by atoms with E-state index in [-0.39, 0.29) is 12.2 Å². The molecule has 4 rings (SSSR count). The molecule has 2 aromatic heterocycles. The Balaban J connectivity index is 1.98. The van der Waals surface area contributed by atoms with E-state index in [4.69, 9.17) is 5.11 Å². The maximum Gasteiger partial charge on any atom is 0.256 e. The Morgan fingerprint density at radius 1 is 1.12 bits per heavy atom. The fourth-order valence-electron chi connectivity index (χ4n) is 3.23. The summed E-state index contributed by atoms with van der Waals surface area (Å²) in [5.41, 5.74) is 2.99. The number of hydrogen-bond acceptors (Lipinski definition) is 4. The van der Waals surface area contributed by atoms with Gasteiger partial charge in [0.15, 0.2) is 0 Å². The summed E-state index contributed by atoms with van der Waals surface area (Å²) in [5.74, 6) is 0. The normalized spacial score (nSPS) is 11.4. The Kier molecular flexibility index (Phi) is 4.05. The molecule has 0 amide bonds. The lowest BCUT2D eigenvalue weighted by Crippen LogP contribution is -2.18. The van der Waals surface area contributed by atoms with Crippen LogP contribution in [0.4, 0.5) is 0 Å². The van der Waals surface area contributed by atoms with Gasteiger partial charge in [-0.15, -0.1) is 0 Å². The summed E-state index contributed by atoms with van der Waals surface area (Å²) in [5, 5.41) is 22.6. The molecule has 6 heteroatoms. The molecule has 0 aliphatic carbocycles. The van der Waals surface area contributed by atoms with Crippen LogP contribution >= 0.6 is 0 Å². The number of nitrogens with one attached hydrogen (secondary N) is 3. The quantitative estimate of drug-likeness (QED) is 0.332. The molecule has 0 saturated carbocycles. The van der Waals surface area contributed by atoms with E-state index in [0.29, 0.717) is 18.5 Å². The zero-order chi connectivity index (χ0) is 17.2. The third-order valence-corrected chi connectivity index (χ3v) is 4.39. The van der Waals surface area contributed by atoms with Gasteiger partial charge in [-0.1, -0.05) is 12.1 Å². The molecule has 0 radical (unpaired) electrons. The van der Waals surface area contributed by atoms with Crippen molar-refractivity contribution in [3.63, 3.8) is 0 Å². The number of H-pyrrole nitrogens is 2. The van der Waals surface area contributed by atoms with Crippen molar-refractivity contribution >= 4 is 21.5 Å². The number of rotatable bonds is 5. The van der Waals surface area contributed by atoms with E-state index in [9.17, 15) is 4.79 Å². The van der Waals surface area contributed by atoms with Crippen molar-refractivity contribution in [1.82, 2.24) is 20.5 Å². The van der Waals surface area contributed by atoms with Gasteiger partial charge in [0.25, 0.3) is 5.56 Å². The number of fused-ring (bicyclic) bond motifs is 3. The molecule has 126 valence electrons. The third kappa shape index (κ3) is 2.82. The number of aromatic nitrogens is 3. The van der Waals surface area contributed by atoms with Gasteiger partial charge in [0.2, 0.25) is 0 Å². The molecule has 0 spiro atoms. The predicted molar refractivity (Wildman–Crippen MR) is 98.4 cm³/mol. The summed E-state index contributed by atoms with van der Waals surface area (Å²) in [6, 6.07) is 10.1. The monoisotopic (exact) mass is 334 g/mol. The summed E-state index contributed by atoms with van der Waals surface area (Å²) in [4.78, 5) is 15.2. The summed E-state index contributed by atoms with van der Waals surface area (Å²) >= 11 is 0. The summed E-state index contributed by atoms with van der Waals surface area (Å²) in [6.07, 6.45) is 5.27. The highest BCUT2D eigenvalue weighted by Crippen LogP contribution is 2.30. The van der Waals surface area contributed by atoms with Crippen molar-refractivity contribution in [2.75, 3.05) is 13.2 Å². The molecular weight excluding hydrogens is 316 g/mol. The molecule has 0 unspecified atom stereocenters. The zero-order valence-electron chi connectivity index (χ0n) is 13.5. The minimum absolute atomic E-state index is 0.0931. The molecule has 0 fully saturated rings. The van der Waals surface area contributed by atoms with E-state index in [1.54, 1.807) is 12.4 Å². The molecule has 6 nitrogen and oxygen atoms in total. The number of benzene rings is 2. The van der Waals surface area contributed by atoms with E-state index in [1.165, 1.54) is 0 Å². The number of pyridine rings is 1. The largest absolute Gasteiger partial charge is 0.395 e. The minimum Gasteiger partial charge on any atom is -0.395 e. The fraction of sp³-hybridized carbons (Fsp3) is 0.158. The SMILES string of the molecule is O=c1[nH]ccc2cc(CNCCO)c3ccc(-c4cn[nH]c4)cc3c12. The highest BCUT2D eigenvalue weighted by molar-refractivity contribution is 6.09. The van der Waals surface area contributed by atoms with Gasteiger partial charge in [-0.25, -0.2) is 0 Å². The molecule has 0 atom stereocenters. The Morgan fingerprint density at radius 2 is 2.04 bits per heavy atom. The fourth-order valence-corrected chi connectivity index (χ4v) is 3.23. The summed E-state index contributed by atoms with van der Waals surface area (Å²) < 4.78 is 0. The topological polar surface area (TPSA) is 93.8 Å². The van der Waals surface area contributed by atoms with Crippen LogP contribution in [0.3, 0.4) is 0 Å². The van der Waals surface area contributed by atoms with E-state index in [1.807, 2.05) is 36.5 Å². The van der Waals surface area contributed by atoms with Gasteiger partial charge in [-0.3, -0.25) is 9.89 Å². The van der Waals surface area contributed by atoms with E-state index < -0.39 is 0 Å². The first-order valence-electron chi connectivity index (χ1n) is 8.15. The first-order chi connectivity index (χ1) is 12.3. The Bertz CT molecular complexity index is 1080. The van der Waals surface area contributed by atoms with Crippen molar-refractivity contribution in [3.8, 4) is 11.1 Å². The highest BCUT2D eigenvalue weighted by atomic mass is 16.3. The van der Waals surface area contributed by atoms with Crippen LogP contribution in [0.25, 0.3) is 32.7 Å². The molecule has 0 aliphatic rings. The van der Waals surface area contributed by atoms with Crippen LogP contribution in [-0.2, 0) is 6.54 Å². The molecular formula is C19H18N4O2. The lowest BCUT2D eigenvalue weighted by molar-refractivity contribution is 0.292. The standard InChI is InChI=1S/C19H18N4O2/c24-6-5-20-9-14-7-13-3-4-21-19(25)18(13)17-8-12(1-2-16(14)17)15-10-22-23-11-15/h1-4,7-8,10-11,20,24H,5-6,9H2,(H,21,25)(H,22,23). The second kappa shape index (κ2) is 6.51. The first-order valence-corrected chi connectivity index (χ1v) is 8.15. The Hall–Kier alpha value is -2.96. The van der Waals surface area contributed by atoms with Gasteiger partial charge in [0.05, 0.1) is 18.2 Å². The van der Waals surface area contributed by atoms with Crippen molar-refractivity contribution < 1.29 is 5.11 Å². The average Bonchev–Trinajstić information content (AvgIpc) is 3.16. The second-order valence-electron chi connectivity index (χ2n) is 5.95. The van der Waals surface area contributed by atoms with Gasteiger partial charge < -0.3 is 15.4 Å². The smallest absolute Gasteiger partial charge is 0.256 e. The van der Waals surface area contributed by atoms with Gasteiger partial charge in [-0.05, 0) is 45.5 Å². The summed E-state index contributed by atoms with van der Waals surface area (Å²) in [7, 11) is 0. The molecule has 0 aliphatic heterocycles. The molecule has 0 saturated heterocycles. The molecule has 4 N–H and O–H groups in total. The van der Waals surface area contributed by atoms with Crippen LogP contribution in [0.1, 0.15) is 5.56 Å². The van der Waals surface area contributed by atoms with E-state index in [2.05, 4.69) is 20.5 Å². The van der Waals surface area contributed by atoms with E-state index in [0.717, 1.165) is 32.8 Å². The van der Waals surface area contributed by atoms with Crippen LogP contribution < -0.4 is 10.9 Å². The third-order valence-electron chi connectivity index (χ3n) is 4.39. The van der Waals surface area contributed by atoms with Crippen LogP contribution in [0, 0.1) is 0 Å². The lowest BCUT2D eigenvalue weighted by Gasteiger charge is -2.12. The number of aliphatic hydroxyl groups excluding tert-OH is 1. The maximum absolute atomic E-state index is 12.4. The lowest BCUT2D eigenvalue weighted by atomic mass is 9.95. The van der Waals surface area contributed by atoms with E-state index >= 15 is 0 Å². The number of aromatic amines is 2. The Labute approximate surface area is 143 Å². The van der Waals surface area contributed by atoms with Crippen LogP contribution in [0.15, 0.2) is 53.7 Å². The molecule has 0 bridgehead atoms. The zero-order valence-corrected chi connectivity index (χ0v) is 13.5. The molecule has 4 aromatic rings. The van der Waals surface area contributed by atoms with Crippen molar-refractivity contribution in [2.45, 2.75) is 6.54 Å². The Morgan fingerprint density at radius 3 is 2.84 bits per heavy atom. The maximum atomic E-state index is 12.4. The van der Waals surface area contributed by atoms with Crippen molar-refractivity contribution in [3.05, 3.63) is 64.8 Å². The molecule has 25 heavy (non-hydrogen) atoms. The second-order valence-corrected chi connectivity index (χ2v) is 5.95. The van der Waals surface area contributed by atoms with Gasteiger partial charge in [-0.2, -0.15) is 5.10 Å². The number of aliphatic hydroxyl groups is 1. The number of nitrogens with zero attached hydrogens (tertiary/aromatic N) is 1. The average molecular weight is 334 g/mol. The van der Waals surface area contributed by atoms with Crippen LogP contribution in [0.2, 0.25) is 0 Å². The first kappa shape index (κ1) is 15.6. The molecule has 2 aromatic carbocycles. The van der Waals surface area contributed by atoms with Crippen molar-refractivity contribution in [2.24, 2.45) is 0 Å². The van der Waals surface area contributed by atoms with Crippen LogP contribution in [-0.4, -0.2) is 33.4 Å².